The third-order valence-electron chi connectivity index (χ3n) is 3.92. The summed E-state index contributed by atoms with van der Waals surface area (Å²) in [5.74, 6) is -0.0971. The van der Waals surface area contributed by atoms with Gasteiger partial charge in [-0.05, 0) is 54.6 Å². The number of hydrogen-bond acceptors (Lipinski definition) is 3. The number of amides is 1. The number of rotatable bonds is 2. The Morgan fingerprint density at radius 2 is 1.90 bits per heavy atom. The summed E-state index contributed by atoms with van der Waals surface area (Å²) in [5, 5.41) is 0.885. The third-order valence-corrected chi connectivity index (χ3v) is 4.97. The first-order valence-corrected chi connectivity index (χ1v) is 8.44. The number of thioether (sulfide) groups is 1. The van der Waals surface area contributed by atoms with E-state index in [4.69, 9.17) is 0 Å². The highest BCUT2D eigenvalue weighted by atomic mass is 32.2. The number of piperidine rings is 1. The van der Waals surface area contributed by atoms with Gasteiger partial charge in [0, 0.05) is 13.1 Å². The zero-order valence-corrected chi connectivity index (χ0v) is 13.2. The largest absolute Gasteiger partial charge is 0.351 e. The molecule has 0 bridgehead atoms. The zero-order valence-electron chi connectivity index (χ0n) is 12.3. The van der Waals surface area contributed by atoms with Crippen molar-refractivity contribution in [2.45, 2.75) is 32.6 Å². The highest BCUT2D eigenvalue weighted by molar-refractivity contribution is 8.18. The molecule has 2 heterocycles. The van der Waals surface area contributed by atoms with Gasteiger partial charge in [0.25, 0.3) is 5.91 Å². The highest BCUT2D eigenvalue weighted by Crippen LogP contribution is 2.31. The molecule has 0 aromatic heterocycles. The van der Waals surface area contributed by atoms with Crippen LogP contribution in [0.2, 0.25) is 0 Å². The number of amidine groups is 1. The summed E-state index contributed by atoms with van der Waals surface area (Å²) in [4.78, 5) is 19.3. The molecule has 1 aromatic rings. The molecule has 0 saturated carbocycles. The van der Waals surface area contributed by atoms with Crippen molar-refractivity contribution < 1.29 is 4.79 Å². The molecule has 0 atom stereocenters. The van der Waals surface area contributed by atoms with E-state index in [0.29, 0.717) is 0 Å². The van der Waals surface area contributed by atoms with E-state index in [0.717, 1.165) is 35.1 Å². The van der Waals surface area contributed by atoms with E-state index >= 15 is 0 Å². The molecule has 0 N–H and O–H groups in total. The van der Waals surface area contributed by atoms with Gasteiger partial charge in [-0.3, -0.25) is 4.79 Å². The van der Waals surface area contributed by atoms with E-state index in [9.17, 15) is 4.79 Å². The van der Waals surface area contributed by atoms with Crippen molar-refractivity contribution in [1.82, 2.24) is 4.90 Å². The number of nitrogens with zero attached hydrogens (tertiary/aromatic N) is 2. The predicted octanol–water partition coefficient (Wildman–Crippen LogP) is 3.71. The quantitative estimate of drug-likeness (QED) is 0.781. The maximum atomic E-state index is 12.1. The maximum Gasteiger partial charge on any atom is 0.286 e. The van der Waals surface area contributed by atoms with Crippen LogP contribution in [-0.2, 0) is 11.2 Å². The Kier molecular flexibility index (Phi) is 4.44. The number of likely N-dealkylation sites (tertiary alicyclic amines) is 1. The van der Waals surface area contributed by atoms with Crippen molar-refractivity contribution >= 4 is 28.9 Å². The third kappa shape index (κ3) is 3.38. The van der Waals surface area contributed by atoms with E-state index in [1.54, 1.807) is 0 Å². The number of aryl methyl sites for hydroxylation is 1. The van der Waals surface area contributed by atoms with E-state index < -0.39 is 0 Å². The molecule has 1 saturated heterocycles. The number of aliphatic imine (C=N–C) groups is 1. The van der Waals surface area contributed by atoms with Crippen LogP contribution >= 0.6 is 11.8 Å². The van der Waals surface area contributed by atoms with Crippen molar-refractivity contribution in [2.75, 3.05) is 13.1 Å². The van der Waals surface area contributed by atoms with E-state index in [-0.39, 0.29) is 5.91 Å². The first-order chi connectivity index (χ1) is 10.3. The van der Waals surface area contributed by atoms with Crippen LogP contribution in [0, 0.1) is 0 Å². The van der Waals surface area contributed by atoms with Gasteiger partial charge in [-0.2, -0.15) is 4.99 Å². The maximum absolute atomic E-state index is 12.1. The minimum atomic E-state index is -0.0971. The summed E-state index contributed by atoms with van der Waals surface area (Å²) in [6.07, 6.45) is 6.67. The van der Waals surface area contributed by atoms with Crippen molar-refractivity contribution in [3.8, 4) is 0 Å². The monoisotopic (exact) mass is 300 g/mol. The van der Waals surface area contributed by atoms with Crippen LogP contribution in [-0.4, -0.2) is 29.1 Å². The standard InChI is InChI=1S/C17H20N2OS/c1-2-13-6-8-14(9-7-13)12-15-16(20)18-17(21-15)19-10-4-3-5-11-19/h6-9,12H,2-5,10-11H2,1H3. The second-order valence-corrected chi connectivity index (χ2v) is 6.46. The van der Waals surface area contributed by atoms with Gasteiger partial charge in [-0.1, -0.05) is 31.2 Å². The molecule has 1 aromatic carbocycles. The van der Waals surface area contributed by atoms with Crippen LogP contribution in [0.15, 0.2) is 34.2 Å². The Morgan fingerprint density at radius 1 is 1.19 bits per heavy atom. The van der Waals surface area contributed by atoms with Gasteiger partial charge in [-0.25, -0.2) is 0 Å². The van der Waals surface area contributed by atoms with Gasteiger partial charge in [0.2, 0.25) is 0 Å². The summed E-state index contributed by atoms with van der Waals surface area (Å²) < 4.78 is 0. The first kappa shape index (κ1) is 14.4. The van der Waals surface area contributed by atoms with Crippen LogP contribution in [0.3, 0.4) is 0 Å². The van der Waals surface area contributed by atoms with Gasteiger partial charge in [0.1, 0.15) is 0 Å². The molecular formula is C17H20N2OS. The SMILES string of the molecule is CCc1ccc(C=C2SC(N3CCCCC3)=NC2=O)cc1. The lowest BCUT2D eigenvalue weighted by molar-refractivity contribution is -0.113. The van der Waals surface area contributed by atoms with Crippen LogP contribution in [0.5, 0.6) is 0 Å². The Hall–Kier alpha value is -1.55. The lowest BCUT2D eigenvalue weighted by atomic mass is 10.1. The van der Waals surface area contributed by atoms with Gasteiger partial charge in [-0.15, -0.1) is 0 Å². The molecule has 3 rings (SSSR count). The second-order valence-electron chi connectivity index (χ2n) is 5.45. The number of carbonyl (C=O) groups excluding carboxylic acids is 1. The van der Waals surface area contributed by atoms with Crippen molar-refractivity contribution in [3.05, 3.63) is 40.3 Å². The van der Waals surface area contributed by atoms with Gasteiger partial charge < -0.3 is 4.90 Å². The molecule has 2 aliphatic rings. The number of benzene rings is 1. The molecule has 21 heavy (non-hydrogen) atoms. The molecule has 0 radical (unpaired) electrons. The van der Waals surface area contributed by atoms with Crippen molar-refractivity contribution in [3.63, 3.8) is 0 Å². The lowest BCUT2D eigenvalue weighted by Gasteiger charge is -2.27. The predicted molar refractivity (Wildman–Crippen MR) is 89.3 cm³/mol. The van der Waals surface area contributed by atoms with Gasteiger partial charge in [0.05, 0.1) is 4.91 Å². The molecule has 3 nitrogen and oxygen atoms in total. The average molecular weight is 300 g/mol. The Bertz CT molecular complexity index is 583. The van der Waals surface area contributed by atoms with E-state index in [1.165, 1.54) is 36.6 Å². The summed E-state index contributed by atoms with van der Waals surface area (Å²) in [6.45, 7) is 4.19. The molecule has 110 valence electrons. The Morgan fingerprint density at radius 3 is 2.57 bits per heavy atom. The van der Waals surface area contributed by atoms with Gasteiger partial charge in [0.15, 0.2) is 5.17 Å². The minimum absolute atomic E-state index is 0.0971. The molecule has 0 spiro atoms. The van der Waals surface area contributed by atoms with Crippen molar-refractivity contribution in [1.29, 1.82) is 0 Å². The highest BCUT2D eigenvalue weighted by Gasteiger charge is 2.26. The topological polar surface area (TPSA) is 32.7 Å². The number of carbonyl (C=O) groups is 1. The molecule has 0 unspecified atom stereocenters. The Labute approximate surface area is 130 Å². The average Bonchev–Trinajstić information content (AvgIpc) is 2.90. The van der Waals surface area contributed by atoms with Crippen LogP contribution in [0.25, 0.3) is 6.08 Å². The summed E-state index contributed by atoms with van der Waals surface area (Å²) in [6, 6.07) is 8.36. The smallest absolute Gasteiger partial charge is 0.286 e. The molecular weight excluding hydrogens is 280 g/mol. The van der Waals surface area contributed by atoms with Crippen LogP contribution in [0.4, 0.5) is 0 Å². The second kappa shape index (κ2) is 6.48. The summed E-state index contributed by atoms with van der Waals surface area (Å²) in [7, 11) is 0. The van der Waals surface area contributed by atoms with Crippen LogP contribution in [0.1, 0.15) is 37.3 Å². The normalized spacial score (nSPS) is 21.0. The molecule has 2 aliphatic heterocycles. The van der Waals surface area contributed by atoms with E-state index in [1.807, 2.05) is 6.08 Å². The number of hydrogen-bond donors (Lipinski definition) is 0. The Balaban J connectivity index is 1.72. The minimum Gasteiger partial charge on any atom is -0.351 e. The van der Waals surface area contributed by atoms with E-state index in [2.05, 4.69) is 41.1 Å². The summed E-state index contributed by atoms with van der Waals surface area (Å²) in [5.41, 5.74) is 2.38. The fourth-order valence-electron chi connectivity index (χ4n) is 2.62. The summed E-state index contributed by atoms with van der Waals surface area (Å²) >= 11 is 1.52. The molecule has 1 fully saturated rings. The molecule has 0 aliphatic carbocycles. The fraction of sp³-hybridized carbons (Fsp3) is 0.412. The molecule has 1 amide bonds. The van der Waals surface area contributed by atoms with Crippen LogP contribution < -0.4 is 0 Å². The lowest BCUT2D eigenvalue weighted by Crippen LogP contribution is -2.33. The first-order valence-electron chi connectivity index (χ1n) is 7.63. The van der Waals surface area contributed by atoms with Crippen molar-refractivity contribution in [2.24, 2.45) is 4.99 Å². The molecule has 4 heteroatoms. The fourth-order valence-corrected chi connectivity index (χ4v) is 3.58. The zero-order chi connectivity index (χ0) is 14.7. The van der Waals surface area contributed by atoms with Gasteiger partial charge >= 0.3 is 0 Å².